The topological polar surface area (TPSA) is 26.3 Å². The van der Waals surface area contributed by atoms with E-state index in [9.17, 15) is 4.79 Å². The summed E-state index contributed by atoms with van der Waals surface area (Å²) in [6, 6.07) is 0. The van der Waals surface area contributed by atoms with Crippen molar-refractivity contribution in [3.8, 4) is 0 Å². The molecule has 0 amide bonds. The average Bonchev–Trinajstić information content (AvgIpc) is 2.16. The third-order valence-electron chi connectivity index (χ3n) is 3.54. The van der Waals surface area contributed by atoms with Gasteiger partial charge in [0.1, 0.15) is 0 Å². The number of hydrogen-bond acceptors (Lipinski definition) is 2. The summed E-state index contributed by atoms with van der Waals surface area (Å²) in [4.78, 5) is 11.3. The van der Waals surface area contributed by atoms with E-state index in [1.807, 2.05) is 0 Å². The molecule has 2 heteroatoms. The summed E-state index contributed by atoms with van der Waals surface area (Å²) in [7, 11) is 0. The fraction of sp³-hybridized carbons (Fsp3) is 0.769. The number of ether oxygens (including phenoxy) is 1. The standard InChI is InChI=1S/C13H22O2/c1-9(2)13(14)15-8-12-10(3)6-5-7-11(12)4/h10-12H,1,5-8H2,2-4H3. The van der Waals surface area contributed by atoms with Gasteiger partial charge in [0.05, 0.1) is 6.61 Å². The Morgan fingerprint density at radius 3 is 2.33 bits per heavy atom. The lowest BCUT2D eigenvalue weighted by atomic mass is 9.74. The molecule has 15 heavy (non-hydrogen) atoms. The van der Waals surface area contributed by atoms with Gasteiger partial charge in [0.25, 0.3) is 0 Å². The van der Waals surface area contributed by atoms with Gasteiger partial charge in [-0.15, -0.1) is 0 Å². The molecule has 2 unspecified atom stereocenters. The molecule has 0 radical (unpaired) electrons. The molecule has 0 spiro atoms. The van der Waals surface area contributed by atoms with E-state index in [1.54, 1.807) is 6.92 Å². The Hall–Kier alpha value is -0.790. The van der Waals surface area contributed by atoms with Gasteiger partial charge in [-0.05, 0) is 24.7 Å². The first-order valence-corrected chi connectivity index (χ1v) is 5.85. The second-order valence-corrected chi connectivity index (χ2v) is 4.93. The van der Waals surface area contributed by atoms with Crippen LogP contribution in [0.2, 0.25) is 0 Å². The monoisotopic (exact) mass is 210 g/mol. The zero-order valence-corrected chi connectivity index (χ0v) is 10.1. The van der Waals surface area contributed by atoms with Crippen LogP contribution in [0.15, 0.2) is 12.2 Å². The molecular formula is C13H22O2. The van der Waals surface area contributed by atoms with Gasteiger partial charge in [0.15, 0.2) is 0 Å². The summed E-state index contributed by atoms with van der Waals surface area (Å²) in [5.41, 5.74) is 0.492. The summed E-state index contributed by atoms with van der Waals surface area (Å²) in [5, 5.41) is 0. The molecule has 0 saturated heterocycles. The van der Waals surface area contributed by atoms with Gasteiger partial charge in [-0.3, -0.25) is 0 Å². The quantitative estimate of drug-likeness (QED) is 0.528. The number of carbonyl (C=O) groups excluding carboxylic acids is 1. The maximum Gasteiger partial charge on any atom is 0.333 e. The van der Waals surface area contributed by atoms with E-state index in [2.05, 4.69) is 20.4 Å². The fourth-order valence-corrected chi connectivity index (χ4v) is 2.37. The molecule has 1 aliphatic carbocycles. The lowest BCUT2D eigenvalue weighted by molar-refractivity contribution is -0.141. The Balaban J connectivity index is 2.42. The third kappa shape index (κ3) is 3.37. The highest BCUT2D eigenvalue weighted by Crippen LogP contribution is 2.34. The molecule has 1 aliphatic rings. The van der Waals surface area contributed by atoms with E-state index >= 15 is 0 Å². The summed E-state index contributed by atoms with van der Waals surface area (Å²) >= 11 is 0. The van der Waals surface area contributed by atoms with Gasteiger partial charge in [0.2, 0.25) is 0 Å². The molecule has 86 valence electrons. The summed E-state index contributed by atoms with van der Waals surface area (Å²) in [6.07, 6.45) is 3.84. The van der Waals surface area contributed by atoms with E-state index in [0.717, 1.165) is 0 Å². The first-order valence-electron chi connectivity index (χ1n) is 5.85. The molecule has 0 aromatic rings. The molecule has 1 fully saturated rings. The SMILES string of the molecule is C=C(C)C(=O)OCC1C(C)CCCC1C. The minimum absolute atomic E-state index is 0.250. The van der Waals surface area contributed by atoms with E-state index in [1.165, 1.54) is 19.3 Å². The minimum atomic E-state index is -0.250. The Morgan fingerprint density at radius 1 is 1.33 bits per heavy atom. The first-order chi connectivity index (χ1) is 7.02. The maximum atomic E-state index is 11.3. The number of rotatable bonds is 3. The van der Waals surface area contributed by atoms with Crippen molar-refractivity contribution in [2.24, 2.45) is 17.8 Å². The van der Waals surface area contributed by atoms with Crippen molar-refractivity contribution in [1.82, 2.24) is 0 Å². The van der Waals surface area contributed by atoms with Gasteiger partial charge < -0.3 is 4.74 Å². The minimum Gasteiger partial charge on any atom is -0.462 e. The third-order valence-corrected chi connectivity index (χ3v) is 3.54. The predicted octanol–water partition coefficient (Wildman–Crippen LogP) is 3.18. The molecule has 0 bridgehead atoms. The summed E-state index contributed by atoms with van der Waals surface area (Å²) < 4.78 is 5.25. The number of hydrogen-bond donors (Lipinski definition) is 0. The lowest BCUT2D eigenvalue weighted by Gasteiger charge is -2.34. The molecule has 0 aromatic heterocycles. The van der Waals surface area contributed by atoms with Crippen molar-refractivity contribution in [3.63, 3.8) is 0 Å². The molecule has 0 aliphatic heterocycles. The van der Waals surface area contributed by atoms with Crippen molar-refractivity contribution in [2.75, 3.05) is 6.61 Å². The maximum absolute atomic E-state index is 11.3. The van der Waals surface area contributed by atoms with Crippen molar-refractivity contribution < 1.29 is 9.53 Å². The molecule has 1 rings (SSSR count). The Morgan fingerprint density at radius 2 is 1.87 bits per heavy atom. The molecule has 2 nitrogen and oxygen atoms in total. The zero-order chi connectivity index (χ0) is 11.4. The van der Waals surface area contributed by atoms with Gasteiger partial charge in [0, 0.05) is 5.57 Å². The smallest absolute Gasteiger partial charge is 0.333 e. The van der Waals surface area contributed by atoms with E-state index in [0.29, 0.717) is 29.9 Å². The highest BCUT2D eigenvalue weighted by Gasteiger charge is 2.28. The van der Waals surface area contributed by atoms with Crippen LogP contribution >= 0.6 is 0 Å². The van der Waals surface area contributed by atoms with E-state index in [4.69, 9.17) is 4.74 Å². The number of carbonyl (C=O) groups is 1. The van der Waals surface area contributed by atoms with E-state index < -0.39 is 0 Å². The zero-order valence-electron chi connectivity index (χ0n) is 10.1. The second-order valence-electron chi connectivity index (χ2n) is 4.93. The Labute approximate surface area is 92.7 Å². The molecule has 1 saturated carbocycles. The highest BCUT2D eigenvalue weighted by atomic mass is 16.5. The highest BCUT2D eigenvalue weighted by molar-refractivity contribution is 5.86. The summed E-state index contributed by atoms with van der Waals surface area (Å²) in [6.45, 7) is 10.4. The second kappa shape index (κ2) is 5.34. The molecule has 0 N–H and O–H groups in total. The van der Waals surface area contributed by atoms with Crippen LogP contribution in [0.25, 0.3) is 0 Å². The molecule has 0 aromatic carbocycles. The van der Waals surface area contributed by atoms with Crippen molar-refractivity contribution in [3.05, 3.63) is 12.2 Å². The van der Waals surface area contributed by atoms with Crippen LogP contribution in [0.1, 0.15) is 40.0 Å². The van der Waals surface area contributed by atoms with Gasteiger partial charge in [-0.1, -0.05) is 39.7 Å². The van der Waals surface area contributed by atoms with Gasteiger partial charge in [-0.25, -0.2) is 4.79 Å². The first kappa shape index (κ1) is 12.3. The van der Waals surface area contributed by atoms with Crippen LogP contribution in [-0.4, -0.2) is 12.6 Å². The lowest BCUT2D eigenvalue weighted by Crippen LogP contribution is -2.29. The van der Waals surface area contributed by atoms with Crippen molar-refractivity contribution in [1.29, 1.82) is 0 Å². The van der Waals surface area contributed by atoms with Crippen LogP contribution in [0.4, 0.5) is 0 Å². The molecule has 0 heterocycles. The Kier molecular flexibility index (Phi) is 4.37. The normalized spacial score (nSPS) is 31.0. The fourth-order valence-electron chi connectivity index (χ4n) is 2.37. The van der Waals surface area contributed by atoms with Crippen molar-refractivity contribution in [2.45, 2.75) is 40.0 Å². The van der Waals surface area contributed by atoms with Gasteiger partial charge >= 0.3 is 5.97 Å². The largest absolute Gasteiger partial charge is 0.462 e. The van der Waals surface area contributed by atoms with Crippen LogP contribution < -0.4 is 0 Å². The molecular weight excluding hydrogens is 188 g/mol. The van der Waals surface area contributed by atoms with Crippen molar-refractivity contribution >= 4 is 5.97 Å². The van der Waals surface area contributed by atoms with Crippen LogP contribution in [0, 0.1) is 17.8 Å². The average molecular weight is 210 g/mol. The van der Waals surface area contributed by atoms with E-state index in [-0.39, 0.29) is 5.97 Å². The number of esters is 1. The Bertz CT molecular complexity index is 235. The predicted molar refractivity (Wildman–Crippen MR) is 61.4 cm³/mol. The van der Waals surface area contributed by atoms with Gasteiger partial charge in [-0.2, -0.15) is 0 Å². The summed E-state index contributed by atoms with van der Waals surface area (Å²) in [5.74, 6) is 1.63. The molecule has 2 atom stereocenters. The van der Waals surface area contributed by atoms with Crippen LogP contribution in [-0.2, 0) is 9.53 Å². The van der Waals surface area contributed by atoms with Crippen LogP contribution in [0.5, 0.6) is 0 Å². The van der Waals surface area contributed by atoms with Crippen LogP contribution in [0.3, 0.4) is 0 Å².